The van der Waals surface area contributed by atoms with Gasteiger partial charge in [-0.25, -0.2) is 0 Å². The average molecular weight is 245 g/mol. The molecule has 0 N–H and O–H groups in total. The Morgan fingerprint density at radius 1 is 1.08 bits per heavy atom. The van der Waals surface area contributed by atoms with Gasteiger partial charge in [-0.15, -0.1) is 0 Å². The molecular weight excluding hydrogens is 232 g/mol. The van der Waals surface area contributed by atoms with Crippen molar-refractivity contribution in [2.24, 2.45) is 0 Å². The van der Waals surface area contributed by atoms with Gasteiger partial charge in [0.2, 0.25) is 0 Å². The smallest absolute Gasteiger partial charge is 0.173 e. The topological polar surface area (TPSA) is 18.5 Å². The van der Waals surface area contributed by atoms with E-state index in [4.69, 9.17) is 9.47 Å². The number of alkyl halides is 1. The summed E-state index contributed by atoms with van der Waals surface area (Å²) in [4.78, 5) is 0.0729. The van der Waals surface area contributed by atoms with E-state index in [-0.39, 0.29) is 11.1 Å². The molecule has 3 heteroatoms. The SMILES string of the molecule is COC(OC)[C@H](Br)c1ccccc1. The van der Waals surface area contributed by atoms with E-state index < -0.39 is 0 Å². The molecule has 0 saturated carbocycles. The van der Waals surface area contributed by atoms with Crippen LogP contribution in [-0.2, 0) is 9.47 Å². The molecule has 0 unspecified atom stereocenters. The molecule has 2 nitrogen and oxygen atoms in total. The molecular formula is C10H13BrO2. The van der Waals surface area contributed by atoms with Crippen LogP contribution < -0.4 is 0 Å². The number of ether oxygens (including phenoxy) is 2. The number of rotatable bonds is 4. The molecule has 0 spiro atoms. The van der Waals surface area contributed by atoms with Crippen molar-refractivity contribution in [2.75, 3.05) is 14.2 Å². The van der Waals surface area contributed by atoms with Crippen LogP contribution in [0.5, 0.6) is 0 Å². The van der Waals surface area contributed by atoms with E-state index in [1.54, 1.807) is 14.2 Å². The van der Waals surface area contributed by atoms with Gasteiger partial charge >= 0.3 is 0 Å². The van der Waals surface area contributed by atoms with Crippen molar-refractivity contribution in [3.05, 3.63) is 35.9 Å². The molecule has 0 aliphatic carbocycles. The second-order valence-electron chi connectivity index (χ2n) is 2.65. The van der Waals surface area contributed by atoms with Crippen LogP contribution in [0.2, 0.25) is 0 Å². The summed E-state index contributed by atoms with van der Waals surface area (Å²) in [6, 6.07) is 10.0. The van der Waals surface area contributed by atoms with E-state index in [2.05, 4.69) is 15.9 Å². The summed E-state index contributed by atoms with van der Waals surface area (Å²) >= 11 is 3.52. The second-order valence-corrected chi connectivity index (χ2v) is 3.64. The van der Waals surface area contributed by atoms with Gasteiger partial charge in [0.05, 0.1) is 4.83 Å². The van der Waals surface area contributed by atoms with E-state index in [1.165, 1.54) is 0 Å². The molecule has 13 heavy (non-hydrogen) atoms. The van der Waals surface area contributed by atoms with E-state index >= 15 is 0 Å². The maximum Gasteiger partial charge on any atom is 0.173 e. The van der Waals surface area contributed by atoms with Crippen LogP contribution >= 0.6 is 15.9 Å². The Morgan fingerprint density at radius 3 is 2.08 bits per heavy atom. The quantitative estimate of drug-likeness (QED) is 0.599. The Morgan fingerprint density at radius 2 is 1.62 bits per heavy atom. The highest BCUT2D eigenvalue weighted by Crippen LogP contribution is 2.27. The molecule has 1 aromatic carbocycles. The third-order valence-corrected chi connectivity index (χ3v) is 2.78. The van der Waals surface area contributed by atoms with Crippen molar-refractivity contribution < 1.29 is 9.47 Å². The normalized spacial score (nSPS) is 13.2. The first-order valence-corrected chi connectivity index (χ1v) is 4.95. The Hall–Kier alpha value is -0.380. The molecule has 0 aliphatic rings. The fourth-order valence-corrected chi connectivity index (χ4v) is 1.87. The lowest BCUT2D eigenvalue weighted by atomic mass is 10.1. The molecule has 0 aliphatic heterocycles. The Kier molecular flexibility index (Phi) is 4.42. The van der Waals surface area contributed by atoms with Gasteiger partial charge in [-0.2, -0.15) is 0 Å². The summed E-state index contributed by atoms with van der Waals surface area (Å²) < 4.78 is 10.3. The van der Waals surface area contributed by atoms with Crippen molar-refractivity contribution in [2.45, 2.75) is 11.1 Å². The van der Waals surface area contributed by atoms with Gasteiger partial charge in [-0.3, -0.25) is 0 Å². The number of methoxy groups -OCH3 is 2. The predicted molar refractivity (Wildman–Crippen MR) is 55.9 cm³/mol. The van der Waals surface area contributed by atoms with Crippen molar-refractivity contribution in [3.8, 4) is 0 Å². The molecule has 1 atom stereocenters. The third-order valence-electron chi connectivity index (χ3n) is 1.82. The number of benzene rings is 1. The summed E-state index contributed by atoms with van der Waals surface area (Å²) in [7, 11) is 3.26. The lowest BCUT2D eigenvalue weighted by molar-refractivity contribution is -0.101. The standard InChI is InChI=1S/C10H13BrO2/c1-12-10(13-2)9(11)8-6-4-3-5-7-8/h3-7,9-10H,1-2H3/t9-/m1/s1. The summed E-state index contributed by atoms with van der Waals surface area (Å²) in [6.07, 6.45) is -0.248. The van der Waals surface area contributed by atoms with Gasteiger partial charge in [-0.05, 0) is 5.56 Å². The maximum atomic E-state index is 5.15. The number of hydrogen-bond donors (Lipinski definition) is 0. The minimum atomic E-state index is -0.248. The minimum absolute atomic E-state index is 0.0729. The highest BCUT2D eigenvalue weighted by Gasteiger charge is 2.18. The Balaban J connectivity index is 2.72. The van der Waals surface area contributed by atoms with Crippen LogP contribution in [-0.4, -0.2) is 20.5 Å². The summed E-state index contributed by atoms with van der Waals surface area (Å²) in [5.74, 6) is 0. The molecule has 72 valence electrons. The third kappa shape index (κ3) is 2.79. The van der Waals surface area contributed by atoms with Gasteiger partial charge < -0.3 is 9.47 Å². The number of hydrogen-bond acceptors (Lipinski definition) is 2. The van der Waals surface area contributed by atoms with E-state index in [0.717, 1.165) is 5.56 Å². The van der Waals surface area contributed by atoms with Crippen molar-refractivity contribution in [1.82, 2.24) is 0 Å². The molecule has 1 rings (SSSR count). The predicted octanol–water partition coefficient (Wildman–Crippen LogP) is 2.74. The summed E-state index contributed by atoms with van der Waals surface area (Å²) in [5, 5.41) is 0. The minimum Gasteiger partial charge on any atom is -0.354 e. The van der Waals surface area contributed by atoms with Crippen LogP contribution in [0.4, 0.5) is 0 Å². The van der Waals surface area contributed by atoms with Crippen molar-refractivity contribution in [3.63, 3.8) is 0 Å². The van der Waals surface area contributed by atoms with Crippen LogP contribution in [0.3, 0.4) is 0 Å². The lowest BCUT2D eigenvalue weighted by Gasteiger charge is -2.19. The monoisotopic (exact) mass is 244 g/mol. The highest BCUT2D eigenvalue weighted by molar-refractivity contribution is 9.09. The Bertz CT molecular complexity index is 234. The van der Waals surface area contributed by atoms with Gasteiger partial charge in [0, 0.05) is 14.2 Å². The fraction of sp³-hybridized carbons (Fsp3) is 0.400. The zero-order valence-electron chi connectivity index (χ0n) is 7.74. The lowest BCUT2D eigenvalue weighted by Crippen LogP contribution is -2.18. The molecule has 0 bridgehead atoms. The fourth-order valence-electron chi connectivity index (χ4n) is 1.13. The zero-order valence-corrected chi connectivity index (χ0v) is 9.32. The van der Waals surface area contributed by atoms with Crippen molar-refractivity contribution in [1.29, 1.82) is 0 Å². The first kappa shape index (κ1) is 10.7. The molecule has 0 aromatic heterocycles. The summed E-state index contributed by atoms with van der Waals surface area (Å²) in [6.45, 7) is 0. The van der Waals surface area contributed by atoms with Crippen LogP contribution in [0.25, 0.3) is 0 Å². The van der Waals surface area contributed by atoms with Gasteiger partial charge in [0.25, 0.3) is 0 Å². The Labute approximate surface area is 87.0 Å². The molecule has 0 saturated heterocycles. The average Bonchev–Trinajstić information content (AvgIpc) is 2.21. The van der Waals surface area contributed by atoms with Gasteiger partial charge in [0.1, 0.15) is 0 Å². The van der Waals surface area contributed by atoms with E-state index in [9.17, 15) is 0 Å². The molecule has 0 fully saturated rings. The van der Waals surface area contributed by atoms with E-state index in [0.29, 0.717) is 0 Å². The molecule has 0 radical (unpaired) electrons. The largest absolute Gasteiger partial charge is 0.354 e. The maximum absolute atomic E-state index is 5.15. The molecule has 1 aromatic rings. The highest BCUT2D eigenvalue weighted by atomic mass is 79.9. The summed E-state index contributed by atoms with van der Waals surface area (Å²) in [5.41, 5.74) is 1.15. The second kappa shape index (κ2) is 5.37. The van der Waals surface area contributed by atoms with E-state index in [1.807, 2.05) is 30.3 Å². The van der Waals surface area contributed by atoms with Crippen molar-refractivity contribution >= 4 is 15.9 Å². The molecule has 0 amide bonds. The first-order valence-electron chi connectivity index (χ1n) is 4.04. The van der Waals surface area contributed by atoms with Crippen LogP contribution in [0.1, 0.15) is 10.4 Å². The van der Waals surface area contributed by atoms with Crippen LogP contribution in [0.15, 0.2) is 30.3 Å². The molecule has 0 heterocycles. The first-order chi connectivity index (χ1) is 6.29. The van der Waals surface area contributed by atoms with Gasteiger partial charge in [0.15, 0.2) is 6.29 Å². The van der Waals surface area contributed by atoms with Gasteiger partial charge in [-0.1, -0.05) is 46.3 Å². The van der Waals surface area contributed by atoms with Crippen LogP contribution in [0, 0.1) is 0 Å². The number of halogens is 1. The zero-order chi connectivity index (χ0) is 9.68.